The molecule has 1 amide bonds. The summed E-state index contributed by atoms with van der Waals surface area (Å²) in [6.07, 6.45) is 2.05. The third-order valence-corrected chi connectivity index (χ3v) is 3.78. The number of aryl methyl sites for hydroxylation is 1. The van der Waals surface area contributed by atoms with Crippen molar-refractivity contribution in [3.8, 4) is 0 Å². The van der Waals surface area contributed by atoms with Gasteiger partial charge in [0.05, 0.1) is 5.92 Å². The van der Waals surface area contributed by atoms with Crippen LogP contribution < -0.4 is 5.32 Å². The van der Waals surface area contributed by atoms with Gasteiger partial charge in [-0.1, -0.05) is 13.8 Å². The first-order valence-electron chi connectivity index (χ1n) is 7.05. The molecule has 0 spiro atoms. The molecule has 0 radical (unpaired) electrons. The van der Waals surface area contributed by atoms with Crippen LogP contribution in [-0.4, -0.2) is 23.5 Å². The molecule has 0 saturated heterocycles. The van der Waals surface area contributed by atoms with Gasteiger partial charge < -0.3 is 14.8 Å². The molecule has 1 heterocycles. The van der Waals surface area contributed by atoms with E-state index < -0.39 is 11.9 Å². The summed E-state index contributed by atoms with van der Waals surface area (Å²) < 4.78 is 5.72. The van der Waals surface area contributed by atoms with Crippen LogP contribution in [0.3, 0.4) is 0 Å². The van der Waals surface area contributed by atoms with Gasteiger partial charge in [-0.25, -0.2) is 0 Å². The number of nitrogens with one attached hydrogen (secondary N) is 1. The highest BCUT2D eigenvalue weighted by molar-refractivity contribution is 5.77. The number of hydrogen-bond acceptors (Lipinski definition) is 3. The number of hydrogen-bond donors (Lipinski definition) is 2. The zero-order chi connectivity index (χ0) is 14.7. The molecule has 0 aromatic carbocycles. The van der Waals surface area contributed by atoms with Gasteiger partial charge in [0.1, 0.15) is 11.5 Å². The number of rotatable bonds is 7. The number of carbonyl (C=O) groups is 2. The zero-order valence-electron chi connectivity index (χ0n) is 11.9. The van der Waals surface area contributed by atoms with Gasteiger partial charge in [-0.05, 0) is 24.5 Å². The maximum atomic E-state index is 11.6. The van der Waals surface area contributed by atoms with Crippen molar-refractivity contribution in [1.82, 2.24) is 5.32 Å². The maximum Gasteiger partial charge on any atom is 0.308 e. The van der Waals surface area contributed by atoms with E-state index in [2.05, 4.69) is 12.2 Å². The van der Waals surface area contributed by atoms with Gasteiger partial charge in [0.2, 0.25) is 5.91 Å². The lowest BCUT2D eigenvalue weighted by Crippen LogP contribution is -2.31. The molecule has 1 aromatic heterocycles. The normalized spacial score (nSPS) is 22.3. The summed E-state index contributed by atoms with van der Waals surface area (Å²) in [5.74, 6) is 1.48. The molecule has 3 unspecified atom stereocenters. The monoisotopic (exact) mass is 279 g/mol. The lowest BCUT2D eigenvalue weighted by atomic mass is 10.2. The summed E-state index contributed by atoms with van der Waals surface area (Å²) in [6.45, 7) is 3.93. The fourth-order valence-corrected chi connectivity index (χ4v) is 2.13. The third-order valence-electron chi connectivity index (χ3n) is 3.78. The molecule has 5 heteroatoms. The van der Waals surface area contributed by atoms with Crippen molar-refractivity contribution in [2.24, 2.45) is 11.8 Å². The molecule has 0 aliphatic heterocycles. The highest BCUT2D eigenvalue weighted by atomic mass is 16.4. The van der Waals surface area contributed by atoms with Crippen LogP contribution in [0.5, 0.6) is 0 Å². The summed E-state index contributed by atoms with van der Waals surface area (Å²) in [6, 6.07) is 3.92. The fourth-order valence-electron chi connectivity index (χ4n) is 2.13. The molecule has 1 fully saturated rings. The minimum absolute atomic E-state index is 0.143. The Kier molecular flexibility index (Phi) is 4.47. The first-order chi connectivity index (χ1) is 9.47. The summed E-state index contributed by atoms with van der Waals surface area (Å²) >= 11 is 0. The molecule has 2 rings (SSSR count). The second-order valence-corrected chi connectivity index (χ2v) is 5.67. The van der Waals surface area contributed by atoms with E-state index in [-0.39, 0.29) is 12.5 Å². The van der Waals surface area contributed by atoms with Crippen LogP contribution >= 0.6 is 0 Å². The molecule has 0 bridgehead atoms. The van der Waals surface area contributed by atoms with Crippen molar-refractivity contribution in [3.05, 3.63) is 23.7 Å². The van der Waals surface area contributed by atoms with E-state index in [1.165, 1.54) is 6.42 Å². The molecule has 2 N–H and O–H groups in total. The van der Waals surface area contributed by atoms with Crippen LogP contribution in [0.15, 0.2) is 16.5 Å². The van der Waals surface area contributed by atoms with Crippen LogP contribution in [0.1, 0.15) is 44.1 Å². The largest absolute Gasteiger partial charge is 0.481 e. The molecule has 1 saturated carbocycles. The SMILES string of the molecule is CC(CNC(=O)CCc1ccc(C2CC2C)o1)C(=O)O. The summed E-state index contributed by atoms with van der Waals surface area (Å²) in [4.78, 5) is 22.2. The van der Waals surface area contributed by atoms with Crippen LogP contribution in [0, 0.1) is 11.8 Å². The Hall–Kier alpha value is -1.78. The minimum atomic E-state index is -0.903. The Morgan fingerprint density at radius 2 is 2.20 bits per heavy atom. The number of carbonyl (C=O) groups excluding carboxylic acids is 1. The van der Waals surface area contributed by atoms with E-state index in [4.69, 9.17) is 9.52 Å². The Morgan fingerprint density at radius 3 is 2.80 bits per heavy atom. The minimum Gasteiger partial charge on any atom is -0.481 e. The molecule has 1 aromatic rings. The Balaban J connectivity index is 1.70. The summed E-state index contributed by atoms with van der Waals surface area (Å²) in [7, 11) is 0. The van der Waals surface area contributed by atoms with E-state index in [0.717, 1.165) is 11.5 Å². The highest BCUT2D eigenvalue weighted by Crippen LogP contribution is 2.47. The number of carboxylic acids is 1. The van der Waals surface area contributed by atoms with Gasteiger partial charge in [-0.3, -0.25) is 9.59 Å². The van der Waals surface area contributed by atoms with Gasteiger partial charge in [-0.2, -0.15) is 0 Å². The van der Waals surface area contributed by atoms with Crippen molar-refractivity contribution in [2.75, 3.05) is 6.54 Å². The topological polar surface area (TPSA) is 79.5 Å². The van der Waals surface area contributed by atoms with Crippen molar-refractivity contribution < 1.29 is 19.1 Å². The van der Waals surface area contributed by atoms with Crippen LogP contribution in [-0.2, 0) is 16.0 Å². The van der Waals surface area contributed by atoms with Crippen molar-refractivity contribution >= 4 is 11.9 Å². The van der Waals surface area contributed by atoms with E-state index in [9.17, 15) is 9.59 Å². The van der Waals surface area contributed by atoms with E-state index in [1.54, 1.807) is 6.92 Å². The van der Waals surface area contributed by atoms with E-state index in [1.807, 2.05) is 12.1 Å². The summed E-state index contributed by atoms with van der Waals surface area (Å²) in [5, 5.41) is 11.3. The van der Waals surface area contributed by atoms with Gasteiger partial charge >= 0.3 is 5.97 Å². The molecular weight excluding hydrogens is 258 g/mol. The standard InChI is InChI=1S/C15H21NO4/c1-9-7-12(9)13-5-3-11(20-13)4-6-14(17)16-8-10(2)15(18)19/h3,5,9-10,12H,4,6-8H2,1-2H3,(H,16,17)(H,18,19). The number of carboxylic acid groups (broad SMARTS) is 1. The van der Waals surface area contributed by atoms with Gasteiger partial charge in [-0.15, -0.1) is 0 Å². The smallest absolute Gasteiger partial charge is 0.308 e. The molecule has 5 nitrogen and oxygen atoms in total. The van der Waals surface area contributed by atoms with Crippen molar-refractivity contribution in [2.45, 2.75) is 39.0 Å². The van der Waals surface area contributed by atoms with E-state index in [0.29, 0.717) is 24.7 Å². The average molecular weight is 279 g/mol. The predicted octanol–water partition coefficient (Wildman–Crippen LogP) is 2.17. The lowest BCUT2D eigenvalue weighted by molar-refractivity contribution is -0.141. The molecule has 20 heavy (non-hydrogen) atoms. The van der Waals surface area contributed by atoms with Gasteiger partial charge in [0, 0.05) is 25.3 Å². The summed E-state index contributed by atoms with van der Waals surface area (Å²) in [5.41, 5.74) is 0. The van der Waals surface area contributed by atoms with Crippen LogP contribution in [0.4, 0.5) is 0 Å². The van der Waals surface area contributed by atoms with E-state index >= 15 is 0 Å². The quantitative estimate of drug-likeness (QED) is 0.801. The second kappa shape index (κ2) is 6.11. The first-order valence-corrected chi connectivity index (χ1v) is 7.05. The van der Waals surface area contributed by atoms with Crippen molar-refractivity contribution in [1.29, 1.82) is 0 Å². The number of amides is 1. The average Bonchev–Trinajstić information content (AvgIpc) is 2.96. The fraction of sp³-hybridized carbons (Fsp3) is 0.600. The Labute approximate surface area is 118 Å². The lowest BCUT2D eigenvalue weighted by Gasteiger charge is -2.07. The van der Waals surface area contributed by atoms with Crippen LogP contribution in [0.25, 0.3) is 0 Å². The first kappa shape index (κ1) is 14.6. The molecule has 3 atom stereocenters. The molecule has 1 aliphatic rings. The molecular formula is C15H21NO4. The second-order valence-electron chi connectivity index (χ2n) is 5.67. The number of furan rings is 1. The maximum absolute atomic E-state index is 11.6. The third kappa shape index (κ3) is 3.85. The van der Waals surface area contributed by atoms with Gasteiger partial charge in [0.25, 0.3) is 0 Å². The predicted molar refractivity (Wildman–Crippen MR) is 73.4 cm³/mol. The highest BCUT2D eigenvalue weighted by Gasteiger charge is 2.36. The number of aliphatic carboxylic acids is 1. The Morgan fingerprint density at radius 1 is 1.50 bits per heavy atom. The van der Waals surface area contributed by atoms with Gasteiger partial charge in [0.15, 0.2) is 0 Å². The molecule has 110 valence electrons. The zero-order valence-corrected chi connectivity index (χ0v) is 11.9. The van der Waals surface area contributed by atoms with Crippen LogP contribution in [0.2, 0.25) is 0 Å². The molecule has 1 aliphatic carbocycles. The Bertz CT molecular complexity index is 494. The van der Waals surface area contributed by atoms with Crippen molar-refractivity contribution in [3.63, 3.8) is 0 Å².